The van der Waals surface area contributed by atoms with Crippen molar-refractivity contribution in [2.24, 2.45) is 5.92 Å². The summed E-state index contributed by atoms with van der Waals surface area (Å²) in [6.45, 7) is 13.0. The lowest BCUT2D eigenvalue weighted by Gasteiger charge is -2.50. The number of hydrogen-bond acceptors (Lipinski definition) is 3. The zero-order chi connectivity index (χ0) is 17.8. The standard InChI is InChI=1S/C21H34ClN3/c1-16(2)13-24-15-21(12-18-4-6-19(22)7-5-18)25(14-17(24)3)20-8-10-23-11-9-20/h4-7,16-17,20-21,23H,8-15H2,1-3H3/t17-,21-/m0/s1. The minimum atomic E-state index is 0.610. The molecule has 2 atom stereocenters. The van der Waals surface area contributed by atoms with E-state index in [1.807, 2.05) is 12.1 Å². The molecule has 0 radical (unpaired) electrons. The second-order valence-electron chi connectivity index (χ2n) is 8.36. The maximum Gasteiger partial charge on any atom is 0.0406 e. The summed E-state index contributed by atoms with van der Waals surface area (Å²) in [6, 6.07) is 10.5. The molecule has 0 aliphatic carbocycles. The van der Waals surface area contributed by atoms with Gasteiger partial charge >= 0.3 is 0 Å². The zero-order valence-electron chi connectivity index (χ0n) is 16.0. The minimum Gasteiger partial charge on any atom is -0.317 e. The number of hydrogen-bond donors (Lipinski definition) is 1. The van der Waals surface area contributed by atoms with Crippen molar-refractivity contribution in [3.63, 3.8) is 0 Å². The third-order valence-corrected chi connectivity index (χ3v) is 6.03. The van der Waals surface area contributed by atoms with Crippen molar-refractivity contribution in [1.29, 1.82) is 0 Å². The van der Waals surface area contributed by atoms with Crippen LogP contribution in [-0.2, 0) is 6.42 Å². The highest BCUT2D eigenvalue weighted by Gasteiger charge is 2.35. The quantitative estimate of drug-likeness (QED) is 0.861. The SMILES string of the molecule is CC(C)CN1C[C@H](Cc2ccc(Cl)cc2)N(C2CCNCC2)C[C@@H]1C. The summed E-state index contributed by atoms with van der Waals surface area (Å²) < 4.78 is 0. The second kappa shape index (κ2) is 8.85. The van der Waals surface area contributed by atoms with Gasteiger partial charge in [-0.25, -0.2) is 0 Å². The van der Waals surface area contributed by atoms with E-state index in [2.05, 4.69) is 48.0 Å². The Morgan fingerprint density at radius 2 is 1.80 bits per heavy atom. The summed E-state index contributed by atoms with van der Waals surface area (Å²) in [4.78, 5) is 5.54. The number of piperazine rings is 1. The van der Waals surface area contributed by atoms with E-state index >= 15 is 0 Å². The van der Waals surface area contributed by atoms with Gasteiger partial charge in [-0.3, -0.25) is 9.80 Å². The van der Waals surface area contributed by atoms with Crippen LogP contribution in [0.2, 0.25) is 5.02 Å². The highest BCUT2D eigenvalue weighted by atomic mass is 35.5. The van der Waals surface area contributed by atoms with Crippen molar-refractivity contribution < 1.29 is 0 Å². The Balaban J connectivity index is 1.75. The average Bonchev–Trinajstić information content (AvgIpc) is 2.60. The molecule has 0 bridgehead atoms. The lowest BCUT2D eigenvalue weighted by molar-refractivity contribution is -0.00510. The highest BCUT2D eigenvalue weighted by molar-refractivity contribution is 6.30. The fraction of sp³-hybridized carbons (Fsp3) is 0.714. The number of nitrogens with zero attached hydrogens (tertiary/aromatic N) is 2. The third kappa shape index (κ3) is 5.19. The maximum absolute atomic E-state index is 6.08. The third-order valence-electron chi connectivity index (χ3n) is 5.77. The molecule has 0 unspecified atom stereocenters. The summed E-state index contributed by atoms with van der Waals surface area (Å²) >= 11 is 6.08. The topological polar surface area (TPSA) is 18.5 Å². The van der Waals surface area contributed by atoms with Gasteiger partial charge < -0.3 is 5.32 Å². The van der Waals surface area contributed by atoms with Crippen molar-refractivity contribution in [2.45, 2.75) is 58.2 Å². The second-order valence-corrected chi connectivity index (χ2v) is 8.80. The molecule has 3 rings (SSSR count). The maximum atomic E-state index is 6.08. The number of benzene rings is 1. The molecule has 0 spiro atoms. The molecule has 3 nitrogen and oxygen atoms in total. The Bertz CT molecular complexity index is 524. The zero-order valence-corrected chi connectivity index (χ0v) is 16.8. The van der Waals surface area contributed by atoms with E-state index < -0.39 is 0 Å². The number of rotatable bonds is 5. The number of piperidine rings is 1. The van der Waals surface area contributed by atoms with Crippen molar-refractivity contribution in [3.05, 3.63) is 34.9 Å². The van der Waals surface area contributed by atoms with Crippen molar-refractivity contribution >= 4 is 11.6 Å². The molecular formula is C21H34ClN3. The lowest BCUT2D eigenvalue weighted by atomic mass is 9.94. The van der Waals surface area contributed by atoms with Gasteiger partial charge in [0.2, 0.25) is 0 Å². The van der Waals surface area contributed by atoms with Crippen molar-refractivity contribution in [2.75, 3.05) is 32.7 Å². The van der Waals surface area contributed by atoms with E-state index in [1.165, 1.54) is 51.1 Å². The van der Waals surface area contributed by atoms with Crippen LogP contribution in [0.15, 0.2) is 24.3 Å². The first-order valence-corrected chi connectivity index (χ1v) is 10.4. The van der Waals surface area contributed by atoms with Gasteiger partial charge in [0.25, 0.3) is 0 Å². The van der Waals surface area contributed by atoms with Crippen LogP contribution in [0.4, 0.5) is 0 Å². The van der Waals surface area contributed by atoms with Crippen LogP contribution >= 0.6 is 11.6 Å². The lowest BCUT2D eigenvalue weighted by Crippen LogP contribution is -2.62. The molecule has 25 heavy (non-hydrogen) atoms. The monoisotopic (exact) mass is 363 g/mol. The first-order chi connectivity index (χ1) is 12.0. The first-order valence-electron chi connectivity index (χ1n) is 9.98. The molecular weight excluding hydrogens is 330 g/mol. The van der Waals surface area contributed by atoms with Crippen LogP contribution in [0.25, 0.3) is 0 Å². The summed E-state index contributed by atoms with van der Waals surface area (Å²) in [7, 11) is 0. The van der Waals surface area contributed by atoms with Crippen LogP contribution < -0.4 is 5.32 Å². The van der Waals surface area contributed by atoms with Gasteiger partial charge in [-0.15, -0.1) is 0 Å². The number of halogens is 1. The van der Waals surface area contributed by atoms with Crippen LogP contribution in [-0.4, -0.2) is 60.6 Å². The summed E-state index contributed by atoms with van der Waals surface area (Å²) in [5, 5.41) is 4.35. The van der Waals surface area contributed by atoms with E-state index in [1.54, 1.807) is 0 Å². The Hall–Kier alpha value is -0.610. The average molecular weight is 364 g/mol. The van der Waals surface area contributed by atoms with Crippen LogP contribution in [0.5, 0.6) is 0 Å². The molecule has 1 N–H and O–H groups in total. The van der Waals surface area contributed by atoms with E-state index in [-0.39, 0.29) is 0 Å². The smallest absolute Gasteiger partial charge is 0.0406 e. The normalized spacial score (nSPS) is 27.1. The van der Waals surface area contributed by atoms with Crippen LogP contribution in [0.1, 0.15) is 39.2 Å². The molecule has 0 saturated carbocycles. The molecule has 2 aliphatic heterocycles. The molecule has 0 amide bonds. The molecule has 4 heteroatoms. The van der Waals surface area contributed by atoms with Gasteiger partial charge in [-0.2, -0.15) is 0 Å². The van der Waals surface area contributed by atoms with E-state index in [0.29, 0.717) is 12.1 Å². The van der Waals surface area contributed by atoms with Crippen molar-refractivity contribution in [3.8, 4) is 0 Å². The molecule has 0 aromatic heterocycles. The molecule has 2 aliphatic rings. The Kier molecular flexibility index (Phi) is 6.79. The molecule has 140 valence electrons. The predicted molar refractivity (Wildman–Crippen MR) is 107 cm³/mol. The molecule has 2 saturated heterocycles. The van der Waals surface area contributed by atoms with E-state index in [4.69, 9.17) is 11.6 Å². The number of nitrogens with one attached hydrogen (secondary N) is 1. The van der Waals surface area contributed by atoms with Crippen LogP contribution in [0.3, 0.4) is 0 Å². The van der Waals surface area contributed by atoms with Gasteiger partial charge in [0.15, 0.2) is 0 Å². The minimum absolute atomic E-state index is 0.610. The van der Waals surface area contributed by atoms with Gasteiger partial charge in [0.05, 0.1) is 0 Å². The predicted octanol–water partition coefficient (Wildman–Crippen LogP) is 3.67. The molecule has 1 aromatic carbocycles. The van der Waals surface area contributed by atoms with Gasteiger partial charge in [-0.05, 0) is 62.9 Å². The Morgan fingerprint density at radius 1 is 1.12 bits per heavy atom. The van der Waals surface area contributed by atoms with E-state index in [0.717, 1.165) is 23.4 Å². The van der Waals surface area contributed by atoms with Gasteiger partial charge in [-0.1, -0.05) is 37.6 Å². The van der Waals surface area contributed by atoms with Crippen LogP contribution in [0, 0.1) is 5.92 Å². The summed E-state index contributed by atoms with van der Waals surface area (Å²) in [5.74, 6) is 0.726. The molecule has 2 heterocycles. The summed E-state index contributed by atoms with van der Waals surface area (Å²) in [5.41, 5.74) is 1.41. The largest absolute Gasteiger partial charge is 0.317 e. The Labute approximate surface area is 158 Å². The molecule has 2 fully saturated rings. The first kappa shape index (κ1) is 19.2. The van der Waals surface area contributed by atoms with Gasteiger partial charge in [0.1, 0.15) is 0 Å². The summed E-state index contributed by atoms with van der Waals surface area (Å²) in [6.07, 6.45) is 3.70. The Morgan fingerprint density at radius 3 is 2.44 bits per heavy atom. The van der Waals surface area contributed by atoms with E-state index in [9.17, 15) is 0 Å². The van der Waals surface area contributed by atoms with Gasteiger partial charge in [0, 0.05) is 42.8 Å². The highest BCUT2D eigenvalue weighted by Crippen LogP contribution is 2.25. The van der Waals surface area contributed by atoms with Crippen molar-refractivity contribution in [1.82, 2.24) is 15.1 Å². The fourth-order valence-corrected chi connectivity index (χ4v) is 4.63. The molecule has 1 aromatic rings. The fourth-order valence-electron chi connectivity index (χ4n) is 4.51.